The first-order valence-electron chi connectivity index (χ1n) is 4.29. The van der Waals surface area contributed by atoms with E-state index < -0.39 is 11.7 Å². The summed E-state index contributed by atoms with van der Waals surface area (Å²) in [5.74, 6) is -0.0769. The maximum absolute atomic E-state index is 12.5. The molecule has 17 heavy (non-hydrogen) atoms. The molecule has 2 rings (SSSR count). The summed E-state index contributed by atoms with van der Waals surface area (Å²) in [5.41, 5.74) is 4.50. The van der Waals surface area contributed by atoms with Crippen LogP contribution in [0.5, 0.6) is 0 Å². The first kappa shape index (κ1) is 11.8. The van der Waals surface area contributed by atoms with Crippen molar-refractivity contribution in [3.63, 3.8) is 0 Å². The first-order chi connectivity index (χ1) is 7.88. The van der Waals surface area contributed by atoms with Crippen LogP contribution in [0.25, 0.3) is 5.82 Å². The van der Waals surface area contributed by atoms with Gasteiger partial charge in [0.2, 0.25) is 10.7 Å². The average molecular weight is 308 g/mol. The Morgan fingerprint density at radius 1 is 1.35 bits per heavy atom. The number of aromatic nitrogens is 4. The van der Waals surface area contributed by atoms with Gasteiger partial charge < -0.3 is 5.73 Å². The predicted molar refractivity (Wildman–Crippen MR) is 56.3 cm³/mol. The standard InChI is InChI=1S/C8H5BrF3N5/c9-6-15-7(13)16-17(6)5-3-4(1-2-14-5)8(10,11)12/h1-3H,(H2,13,16). The molecule has 0 fully saturated rings. The highest BCUT2D eigenvalue weighted by atomic mass is 79.9. The van der Waals surface area contributed by atoms with Crippen molar-refractivity contribution < 1.29 is 13.2 Å². The third kappa shape index (κ3) is 2.38. The Kier molecular flexibility index (Phi) is 2.77. The van der Waals surface area contributed by atoms with Crippen LogP contribution < -0.4 is 5.73 Å². The molecule has 0 atom stereocenters. The summed E-state index contributed by atoms with van der Waals surface area (Å²) in [7, 11) is 0. The van der Waals surface area contributed by atoms with Crippen LogP contribution in [0.3, 0.4) is 0 Å². The van der Waals surface area contributed by atoms with Crippen LogP contribution in [0.4, 0.5) is 19.1 Å². The van der Waals surface area contributed by atoms with Crippen molar-refractivity contribution in [3.05, 3.63) is 28.6 Å². The quantitative estimate of drug-likeness (QED) is 0.875. The number of rotatable bonds is 1. The van der Waals surface area contributed by atoms with E-state index in [1.54, 1.807) is 0 Å². The van der Waals surface area contributed by atoms with Crippen molar-refractivity contribution in [1.29, 1.82) is 0 Å². The first-order valence-corrected chi connectivity index (χ1v) is 5.09. The fourth-order valence-electron chi connectivity index (χ4n) is 1.16. The third-order valence-electron chi connectivity index (χ3n) is 1.87. The molecule has 2 aromatic heterocycles. The topological polar surface area (TPSA) is 69.6 Å². The Morgan fingerprint density at radius 3 is 2.59 bits per heavy atom. The number of halogens is 4. The van der Waals surface area contributed by atoms with Crippen LogP contribution in [0.1, 0.15) is 5.56 Å². The van der Waals surface area contributed by atoms with Gasteiger partial charge in [0, 0.05) is 6.20 Å². The Bertz CT molecular complexity index is 550. The molecule has 0 amide bonds. The number of hydrogen-bond donors (Lipinski definition) is 1. The van der Waals surface area contributed by atoms with E-state index in [2.05, 4.69) is 31.0 Å². The van der Waals surface area contributed by atoms with Crippen molar-refractivity contribution >= 4 is 21.9 Å². The summed E-state index contributed by atoms with van der Waals surface area (Å²) in [6, 6.07) is 1.73. The number of pyridine rings is 1. The maximum Gasteiger partial charge on any atom is 0.416 e. The lowest BCUT2D eigenvalue weighted by Gasteiger charge is -2.07. The van der Waals surface area contributed by atoms with E-state index in [0.29, 0.717) is 0 Å². The molecule has 2 aromatic rings. The number of alkyl halides is 3. The van der Waals surface area contributed by atoms with Crippen molar-refractivity contribution in [3.8, 4) is 5.82 Å². The van der Waals surface area contributed by atoms with Gasteiger partial charge in [0.05, 0.1) is 5.56 Å². The summed E-state index contributed by atoms with van der Waals surface area (Å²) in [6.45, 7) is 0. The molecule has 5 nitrogen and oxygen atoms in total. The highest BCUT2D eigenvalue weighted by molar-refractivity contribution is 9.10. The molecule has 0 aromatic carbocycles. The zero-order chi connectivity index (χ0) is 12.6. The van der Waals surface area contributed by atoms with Gasteiger partial charge >= 0.3 is 6.18 Å². The zero-order valence-electron chi connectivity index (χ0n) is 8.11. The molecule has 90 valence electrons. The second kappa shape index (κ2) is 3.99. The number of anilines is 1. The maximum atomic E-state index is 12.5. The summed E-state index contributed by atoms with van der Waals surface area (Å²) >= 11 is 3.02. The molecule has 0 aliphatic carbocycles. The zero-order valence-corrected chi connectivity index (χ0v) is 9.70. The van der Waals surface area contributed by atoms with Gasteiger partial charge in [-0.05, 0) is 28.1 Å². The van der Waals surface area contributed by atoms with Gasteiger partial charge in [-0.15, -0.1) is 5.10 Å². The van der Waals surface area contributed by atoms with Crippen LogP contribution in [0, 0.1) is 0 Å². The fraction of sp³-hybridized carbons (Fsp3) is 0.125. The van der Waals surface area contributed by atoms with Crippen LogP contribution in [0.2, 0.25) is 0 Å². The van der Waals surface area contributed by atoms with Crippen LogP contribution in [-0.4, -0.2) is 19.7 Å². The van der Waals surface area contributed by atoms with Gasteiger partial charge in [0.1, 0.15) is 0 Å². The molecule has 2 heterocycles. The lowest BCUT2D eigenvalue weighted by Crippen LogP contribution is -2.08. The van der Waals surface area contributed by atoms with Crippen molar-refractivity contribution in [2.75, 3.05) is 5.73 Å². The van der Waals surface area contributed by atoms with E-state index in [1.165, 1.54) is 0 Å². The molecule has 9 heteroatoms. The number of nitrogens with zero attached hydrogens (tertiary/aromatic N) is 4. The minimum atomic E-state index is -4.43. The Balaban J connectivity index is 2.50. The largest absolute Gasteiger partial charge is 0.416 e. The monoisotopic (exact) mass is 307 g/mol. The highest BCUT2D eigenvalue weighted by Gasteiger charge is 2.31. The molecular weight excluding hydrogens is 303 g/mol. The summed E-state index contributed by atoms with van der Waals surface area (Å²) in [5, 5.41) is 3.71. The van der Waals surface area contributed by atoms with Gasteiger partial charge in [-0.1, -0.05) is 0 Å². The third-order valence-corrected chi connectivity index (χ3v) is 2.39. The molecule has 0 bridgehead atoms. The molecule has 0 aliphatic heterocycles. The van der Waals surface area contributed by atoms with Gasteiger partial charge in [0.25, 0.3) is 0 Å². The van der Waals surface area contributed by atoms with E-state index in [-0.39, 0.29) is 16.5 Å². The Morgan fingerprint density at radius 2 is 2.06 bits per heavy atom. The lowest BCUT2D eigenvalue weighted by molar-refractivity contribution is -0.137. The van der Waals surface area contributed by atoms with Crippen LogP contribution >= 0.6 is 15.9 Å². The average Bonchev–Trinajstić information content (AvgIpc) is 2.57. The normalized spacial score (nSPS) is 11.8. The molecule has 0 saturated carbocycles. The smallest absolute Gasteiger partial charge is 0.366 e. The number of nitrogen functional groups attached to an aromatic ring is 1. The minimum Gasteiger partial charge on any atom is -0.366 e. The van der Waals surface area contributed by atoms with E-state index in [1.807, 2.05) is 0 Å². The molecule has 0 saturated heterocycles. The summed E-state index contributed by atoms with van der Waals surface area (Å²) in [6.07, 6.45) is -3.39. The van der Waals surface area contributed by atoms with Crippen molar-refractivity contribution in [1.82, 2.24) is 19.7 Å². The second-order valence-corrected chi connectivity index (χ2v) is 3.76. The minimum absolute atomic E-state index is 0.0177. The number of hydrogen-bond acceptors (Lipinski definition) is 4. The SMILES string of the molecule is Nc1nc(Br)n(-c2cc(C(F)(F)F)ccn2)n1. The molecule has 0 spiro atoms. The van der Waals surface area contributed by atoms with Gasteiger partial charge in [-0.2, -0.15) is 22.8 Å². The second-order valence-electron chi connectivity index (χ2n) is 3.05. The molecular formula is C8H5BrF3N5. The van der Waals surface area contributed by atoms with Gasteiger partial charge in [0.15, 0.2) is 5.82 Å². The predicted octanol–water partition coefficient (Wildman–Crippen LogP) is 2.03. The number of nitrogens with two attached hydrogens (primary N) is 1. The van der Waals surface area contributed by atoms with E-state index in [0.717, 1.165) is 23.0 Å². The summed E-state index contributed by atoms with van der Waals surface area (Å²) < 4.78 is 38.7. The van der Waals surface area contributed by atoms with E-state index in [9.17, 15) is 13.2 Å². The molecule has 2 N–H and O–H groups in total. The fourth-order valence-corrected chi connectivity index (χ4v) is 1.61. The molecule has 0 radical (unpaired) electrons. The molecule has 0 unspecified atom stereocenters. The van der Waals surface area contributed by atoms with Gasteiger partial charge in [-0.3, -0.25) is 0 Å². The molecule has 0 aliphatic rings. The van der Waals surface area contributed by atoms with Crippen LogP contribution in [0.15, 0.2) is 23.1 Å². The lowest BCUT2D eigenvalue weighted by atomic mass is 10.2. The highest BCUT2D eigenvalue weighted by Crippen LogP contribution is 2.29. The van der Waals surface area contributed by atoms with E-state index >= 15 is 0 Å². The summed E-state index contributed by atoms with van der Waals surface area (Å²) in [4.78, 5) is 7.48. The van der Waals surface area contributed by atoms with Crippen LogP contribution in [-0.2, 0) is 6.18 Å². The Labute approximate surface area is 102 Å². The van der Waals surface area contributed by atoms with Crippen molar-refractivity contribution in [2.24, 2.45) is 0 Å². The Hall–Kier alpha value is -1.64. The van der Waals surface area contributed by atoms with Crippen molar-refractivity contribution in [2.45, 2.75) is 6.18 Å². The van der Waals surface area contributed by atoms with Gasteiger partial charge in [-0.25, -0.2) is 4.98 Å². The van der Waals surface area contributed by atoms with E-state index in [4.69, 9.17) is 5.73 Å².